The van der Waals surface area contributed by atoms with Gasteiger partial charge in [0.25, 0.3) is 0 Å². The highest BCUT2D eigenvalue weighted by Gasteiger charge is 2.21. The minimum atomic E-state index is -3.20. The molecule has 0 aromatic heterocycles. The molecule has 2 N–H and O–H groups in total. The van der Waals surface area contributed by atoms with Gasteiger partial charge in [-0.15, -0.1) is 0 Å². The highest BCUT2D eigenvalue weighted by molar-refractivity contribution is 8.08. The summed E-state index contributed by atoms with van der Waals surface area (Å²) in [5.74, 6) is -0.285. The summed E-state index contributed by atoms with van der Waals surface area (Å²) in [6.07, 6.45) is -0.235. The van der Waals surface area contributed by atoms with Gasteiger partial charge in [0, 0.05) is 6.04 Å². The maximum Gasteiger partial charge on any atom is 0.342 e. The molecule has 7 heteroatoms. The first kappa shape index (κ1) is 17.1. The number of ether oxygens (including phenoxy) is 1. The Morgan fingerprint density at radius 1 is 1.30 bits per heavy atom. The third-order valence-corrected chi connectivity index (χ3v) is 3.92. The van der Waals surface area contributed by atoms with E-state index in [1.54, 1.807) is 38.1 Å². The Balaban J connectivity index is 2.96. The van der Waals surface area contributed by atoms with Crippen molar-refractivity contribution in [3.63, 3.8) is 0 Å². The van der Waals surface area contributed by atoms with Gasteiger partial charge >= 0.3 is 12.6 Å². The van der Waals surface area contributed by atoms with Crippen molar-refractivity contribution in [2.24, 2.45) is 0 Å². The number of benzene rings is 1. The molecule has 1 aromatic rings. The number of nitrogens with one attached hydrogen (secondary N) is 1. The van der Waals surface area contributed by atoms with Crippen molar-refractivity contribution in [3.8, 4) is 5.75 Å². The summed E-state index contributed by atoms with van der Waals surface area (Å²) in [4.78, 5) is 22.0. The molecule has 0 saturated carbocycles. The Hall–Kier alpha value is -0.940. The van der Waals surface area contributed by atoms with Crippen LogP contribution in [0.2, 0.25) is 0 Å². The fraction of sp³-hybridized carbons (Fsp3) is 0.462. The molecule has 0 radical (unpaired) electrons. The molecule has 0 aliphatic heterocycles. The lowest BCUT2D eigenvalue weighted by Crippen LogP contribution is -2.22. The SMILES string of the molecule is CC(C)NP(O)(=S)Oc1ccccc1C(=O)OC(C)C. The van der Waals surface area contributed by atoms with Gasteiger partial charge in [0.1, 0.15) is 11.3 Å². The van der Waals surface area contributed by atoms with Crippen LogP contribution in [0.25, 0.3) is 0 Å². The summed E-state index contributed by atoms with van der Waals surface area (Å²) in [5.41, 5.74) is 0.245. The molecule has 1 aromatic carbocycles. The molecule has 0 spiro atoms. The molecule has 0 bridgehead atoms. The van der Waals surface area contributed by atoms with Crippen molar-refractivity contribution in [2.45, 2.75) is 39.8 Å². The molecule has 0 aliphatic carbocycles. The van der Waals surface area contributed by atoms with Crippen LogP contribution in [0.4, 0.5) is 0 Å². The van der Waals surface area contributed by atoms with E-state index in [1.165, 1.54) is 0 Å². The van der Waals surface area contributed by atoms with Gasteiger partial charge in [-0.25, -0.2) is 9.88 Å². The number of hydrogen-bond acceptors (Lipinski definition) is 4. The molecule has 5 nitrogen and oxygen atoms in total. The van der Waals surface area contributed by atoms with Gasteiger partial charge in [-0.05, 0) is 51.6 Å². The monoisotopic (exact) mass is 317 g/mol. The lowest BCUT2D eigenvalue weighted by molar-refractivity contribution is 0.0376. The number of rotatable bonds is 6. The van der Waals surface area contributed by atoms with Crippen molar-refractivity contribution >= 4 is 24.4 Å². The van der Waals surface area contributed by atoms with Gasteiger partial charge < -0.3 is 14.2 Å². The minimum Gasteiger partial charge on any atom is -0.459 e. The molecule has 1 rings (SSSR count). The average Bonchev–Trinajstić information content (AvgIpc) is 2.25. The molecule has 0 fully saturated rings. The molecule has 20 heavy (non-hydrogen) atoms. The first-order chi connectivity index (χ1) is 9.21. The van der Waals surface area contributed by atoms with Gasteiger partial charge in [-0.1, -0.05) is 12.1 Å². The smallest absolute Gasteiger partial charge is 0.342 e. The first-order valence-electron chi connectivity index (χ1n) is 6.31. The van der Waals surface area contributed by atoms with Gasteiger partial charge in [0.2, 0.25) is 0 Å². The summed E-state index contributed by atoms with van der Waals surface area (Å²) >= 11 is 5.02. The van der Waals surface area contributed by atoms with Crippen LogP contribution in [0.15, 0.2) is 24.3 Å². The van der Waals surface area contributed by atoms with E-state index >= 15 is 0 Å². The number of carbonyl (C=O) groups excluding carboxylic acids is 1. The second-order valence-corrected chi connectivity index (χ2v) is 7.81. The van der Waals surface area contributed by atoms with Crippen molar-refractivity contribution in [2.75, 3.05) is 0 Å². The molecular formula is C13H20NO4PS. The highest BCUT2D eigenvalue weighted by Crippen LogP contribution is 2.40. The quantitative estimate of drug-likeness (QED) is 0.621. The van der Waals surface area contributed by atoms with Crippen molar-refractivity contribution in [3.05, 3.63) is 29.8 Å². The van der Waals surface area contributed by atoms with E-state index in [9.17, 15) is 9.69 Å². The Labute approximate surface area is 124 Å². The van der Waals surface area contributed by atoms with Gasteiger partial charge in [0.05, 0.1) is 6.10 Å². The second-order valence-electron chi connectivity index (χ2n) is 4.85. The molecular weight excluding hydrogens is 297 g/mol. The van der Waals surface area contributed by atoms with Crippen LogP contribution in [0, 0.1) is 0 Å². The maximum atomic E-state index is 12.0. The summed E-state index contributed by atoms with van der Waals surface area (Å²) in [6.45, 7) is 4.02. The summed E-state index contributed by atoms with van der Waals surface area (Å²) in [7, 11) is 0. The van der Waals surface area contributed by atoms with Crippen LogP contribution in [0.5, 0.6) is 5.75 Å². The number of para-hydroxylation sites is 1. The van der Waals surface area contributed by atoms with Crippen molar-refractivity contribution in [1.82, 2.24) is 5.09 Å². The predicted octanol–water partition coefficient (Wildman–Crippen LogP) is 2.85. The van der Waals surface area contributed by atoms with Crippen molar-refractivity contribution < 1.29 is 18.9 Å². The second kappa shape index (κ2) is 7.18. The lowest BCUT2D eigenvalue weighted by Gasteiger charge is -2.21. The zero-order valence-corrected chi connectivity index (χ0v) is 13.7. The third-order valence-electron chi connectivity index (χ3n) is 2.09. The van der Waals surface area contributed by atoms with E-state index in [4.69, 9.17) is 21.1 Å². The van der Waals surface area contributed by atoms with Crippen LogP contribution >= 0.6 is 6.64 Å². The molecule has 1 unspecified atom stereocenters. The zero-order chi connectivity index (χ0) is 15.3. The fourth-order valence-electron chi connectivity index (χ4n) is 1.48. The normalized spacial score (nSPS) is 14.2. The molecule has 0 saturated heterocycles. The number of hydrogen-bond donors (Lipinski definition) is 2. The van der Waals surface area contributed by atoms with Gasteiger partial charge in [-0.2, -0.15) is 0 Å². The minimum absolute atomic E-state index is 0.0272. The van der Waals surface area contributed by atoms with Crippen molar-refractivity contribution in [1.29, 1.82) is 0 Å². The third kappa shape index (κ3) is 5.59. The van der Waals surface area contributed by atoms with Gasteiger partial charge in [-0.3, -0.25) is 0 Å². The van der Waals surface area contributed by atoms with Gasteiger partial charge in [0.15, 0.2) is 0 Å². The predicted molar refractivity (Wildman–Crippen MR) is 82.4 cm³/mol. The number of esters is 1. The maximum absolute atomic E-state index is 12.0. The van der Waals surface area contributed by atoms with Crippen LogP contribution in [-0.2, 0) is 16.5 Å². The van der Waals surface area contributed by atoms with E-state index in [-0.39, 0.29) is 23.5 Å². The van der Waals surface area contributed by atoms with E-state index in [1.807, 2.05) is 13.8 Å². The summed E-state index contributed by atoms with van der Waals surface area (Å²) in [5, 5.41) is 2.78. The van der Waals surface area contributed by atoms with E-state index < -0.39 is 12.6 Å². The number of carbonyl (C=O) groups is 1. The Morgan fingerprint density at radius 2 is 1.90 bits per heavy atom. The molecule has 0 amide bonds. The molecule has 1 atom stereocenters. The fourth-order valence-corrected chi connectivity index (χ4v) is 3.48. The van der Waals surface area contributed by atoms with Crippen LogP contribution < -0.4 is 9.61 Å². The van der Waals surface area contributed by atoms with E-state index in [0.717, 1.165) is 0 Å². The first-order valence-corrected chi connectivity index (χ1v) is 8.99. The van der Waals surface area contributed by atoms with E-state index in [2.05, 4.69) is 5.09 Å². The highest BCUT2D eigenvalue weighted by atomic mass is 32.5. The Bertz CT molecular complexity index is 519. The zero-order valence-electron chi connectivity index (χ0n) is 12.0. The van der Waals surface area contributed by atoms with Crippen LogP contribution in [-0.4, -0.2) is 23.0 Å². The lowest BCUT2D eigenvalue weighted by atomic mass is 10.2. The summed E-state index contributed by atoms with van der Waals surface area (Å²) < 4.78 is 10.5. The molecule has 0 aliphatic rings. The topological polar surface area (TPSA) is 67.8 Å². The van der Waals surface area contributed by atoms with Crippen LogP contribution in [0.3, 0.4) is 0 Å². The van der Waals surface area contributed by atoms with Crippen LogP contribution in [0.1, 0.15) is 38.1 Å². The largest absolute Gasteiger partial charge is 0.459 e. The van der Waals surface area contributed by atoms with E-state index in [0.29, 0.717) is 0 Å². The standard InChI is InChI=1S/C13H20NO4PS/c1-9(2)14-19(16,20)18-12-8-6-5-7-11(12)13(15)17-10(3)4/h5-10H,1-4H3,(H2,14,16,20). The Morgan fingerprint density at radius 3 is 2.45 bits per heavy atom. The molecule has 112 valence electrons. The average molecular weight is 317 g/mol. The Kier molecular flexibility index (Phi) is 6.14. The summed E-state index contributed by atoms with van der Waals surface area (Å²) in [6, 6.07) is 6.52. The molecule has 0 heterocycles.